The van der Waals surface area contributed by atoms with Crippen LogP contribution in [0.25, 0.3) is 0 Å². The second kappa shape index (κ2) is 7.50. The fourth-order valence-corrected chi connectivity index (χ4v) is 4.92. The van der Waals surface area contributed by atoms with Gasteiger partial charge in [-0.05, 0) is 17.7 Å². The van der Waals surface area contributed by atoms with Crippen LogP contribution >= 0.6 is 0 Å². The predicted molar refractivity (Wildman–Crippen MR) is 116 cm³/mol. The highest BCUT2D eigenvalue weighted by Gasteiger charge is 2.40. The molecule has 0 bridgehead atoms. The van der Waals surface area contributed by atoms with E-state index in [1.165, 1.54) is 4.68 Å². The maximum atomic E-state index is 13.1. The Bertz CT molecular complexity index is 1250. The first-order valence-electron chi connectivity index (χ1n) is 11.1. The first kappa shape index (κ1) is 20.1. The summed E-state index contributed by atoms with van der Waals surface area (Å²) in [5.41, 5.74) is 2.43. The van der Waals surface area contributed by atoms with Crippen molar-refractivity contribution in [2.45, 2.75) is 25.2 Å². The number of ether oxygens (including phenoxy) is 2. The standard InChI is InChI=1S/C24H22N4O5/c29-22-18-3-1-2-4-19(18)23(30)21-20(22)25-28(31)27(21)15-16-5-7-17(8-6-16)26-11-9-24(10-12-26)32-13-14-33-24/h1-8H,9-15H2. The molecule has 0 saturated carbocycles. The van der Waals surface area contributed by atoms with E-state index in [9.17, 15) is 14.8 Å². The summed E-state index contributed by atoms with van der Waals surface area (Å²) in [6.07, 6.45) is 1.65. The quantitative estimate of drug-likeness (QED) is 0.349. The fraction of sp³-hybridized carbons (Fsp3) is 0.333. The van der Waals surface area contributed by atoms with Crippen molar-refractivity contribution >= 4 is 17.3 Å². The molecule has 1 spiro atoms. The largest absolute Gasteiger partial charge is 0.571 e. The minimum atomic E-state index is -0.415. The summed E-state index contributed by atoms with van der Waals surface area (Å²) in [4.78, 5) is 28.5. The summed E-state index contributed by atoms with van der Waals surface area (Å²) in [6, 6.07) is 14.4. The molecule has 1 aliphatic carbocycles. The minimum Gasteiger partial charge on any atom is -0.571 e. The molecule has 0 radical (unpaired) electrons. The number of hydrogen-bond donors (Lipinski definition) is 0. The number of carbonyl (C=O) groups is 2. The van der Waals surface area contributed by atoms with Crippen LogP contribution in [0, 0.1) is 5.21 Å². The van der Waals surface area contributed by atoms with E-state index in [1.807, 2.05) is 24.3 Å². The molecule has 1 aromatic heterocycles. The summed E-state index contributed by atoms with van der Waals surface area (Å²) in [5, 5.41) is 16.3. The third-order valence-electron chi connectivity index (χ3n) is 6.69. The van der Waals surface area contributed by atoms with Crippen molar-refractivity contribution in [1.82, 2.24) is 9.78 Å². The van der Waals surface area contributed by atoms with Crippen molar-refractivity contribution in [1.29, 1.82) is 0 Å². The molecule has 3 aromatic rings. The van der Waals surface area contributed by atoms with E-state index in [4.69, 9.17) is 9.47 Å². The Balaban J connectivity index is 1.22. The molecule has 9 nitrogen and oxygen atoms in total. The normalized spacial score (nSPS) is 19.1. The van der Waals surface area contributed by atoms with Gasteiger partial charge in [-0.3, -0.25) is 9.59 Å². The molecule has 168 valence electrons. The monoisotopic (exact) mass is 446 g/mol. The van der Waals surface area contributed by atoms with Crippen LogP contribution < -0.4 is 9.86 Å². The Hall–Kier alpha value is -3.56. The molecule has 0 N–H and O–H groups in total. The molecule has 0 unspecified atom stereocenters. The predicted octanol–water partition coefficient (Wildman–Crippen LogP) is 1.68. The average molecular weight is 446 g/mol. The number of anilines is 1. The van der Waals surface area contributed by atoms with Gasteiger partial charge >= 0.3 is 0 Å². The van der Waals surface area contributed by atoms with Crippen molar-refractivity contribution in [2.24, 2.45) is 0 Å². The van der Waals surface area contributed by atoms with E-state index >= 15 is 0 Å². The van der Waals surface area contributed by atoms with Crippen LogP contribution in [0.1, 0.15) is 50.5 Å². The van der Waals surface area contributed by atoms with Crippen LogP contribution in [0.3, 0.4) is 0 Å². The zero-order valence-corrected chi connectivity index (χ0v) is 17.9. The van der Waals surface area contributed by atoms with E-state index in [1.54, 1.807) is 24.3 Å². The number of aromatic nitrogens is 3. The molecule has 2 aliphatic heterocycles. The van der Waals surface area contributed by atoms with Crippen molar-refractivity contribution in [3.63, 3.8) is 0 Å². The highest BCUT2D eigenvalue weighted by atomic mass is 16.7. The third kappa shape index (κ3) is 3.23. The van der Waals surface area contributed by atoms with Gasteiger partial charge in [0.25, 0.3) is 0 Å². The van der Waals surface area contributed by atoms with Crippen LogP contribution in [0.2, 0.25) is 0 Å². The number of benzene rings is 2. The lowest BCUT2D eigenvalue weighted by molar-refractivity contribution is -0.748. The molecule has 2 saturated heterocycles. The number of nitrogens with zero attached hydrogens (tertiary/aromatic N) is 4. The molecule has 9 heteroatoms. The molecule has 33 heavy (non-hydrogen) atoms. The Labute approximate surface area is 189 Å². The summed E-state index contributed by atoms with van der Waals surface area (Å²) in [6.45, 7) is 3.13. The van der Waals surface area contributed by atoms with E-state index in [2.05, 4.69) is 10.00 Å². The van der Waals surface area contributed by atoms with Crippen molar-refractivity contribution in [3.05, 3.63) is 81.8 Å². The number of ketones is 2. The Morgan fingerprint density at radius 1 is 0.939 bits per heavy atom. The third-order valence-corrected chi connectivity index (χ3v) is 6.69. The minimum absolute atomic E-state index is 0.0377. The smallest absolute Gasteiger partial charge is 0.220 e. The van der Waals surface area contributed by atoms with Gasteiger partial charge in [-0.2, -0.15) is 0 Å². The summed E-state index contributed by atoms with van der Waals surface area (Å²) >= 11 is 0. The number of hydrogen-bond acceptors (Lipinski definition) is 7. The summed E-state index contributed by atoms with van der Waals surface area (Å²) < 4.78 is 12.8. The number of fused-ring (bicyclic) bond motifs is 2. The van der Waals surface area contributed by atoms with Gasteiger partial charge in [-0.25, -0.2) is 0 Å². The molecular formula is C24H22N4O5. The zero-order chi connectivity index (χ0) is 22.6. The van der Waals surface area contributed by atoms with Gasteiger partial charge in [0.2, 0.25) is 17.3 Å². The number of carbonyl (C=O) groups excluding carboxylic acids is 2. The Morgan fingerprint density at radius 3 is 2.24 bits per heavy atom. The first-order chi connectivity index (χ1) is 16.0. The molecule has 0 amide bonds. The van der Waals surface area contributed by atoms with Gasteiger partial charge in [0.05, 0.1) is 13.2 Å². The zero-order valence-electron chi connectivity index (χ0n) is 17.9. The average Bonchev–Trinajstić information content (AvgIpc) is 3.43. The summed E-state index contributed by atoms with van der Waals surface area (Å²) in [5.74, 6) is -1.18. The maximum Gasteiger partial charge on any atom is 0.220 e. The van der Waals surface area contributed by atoms with Gasteiger partial charge in [0.1, 0.15) is 6.54 Å². The van der Waals surface area contributed by atoms with Crippen LogP contribution in [-0.4, -0.2) is 53.4 Å². The maximum absolute atomic E-state index is 13.1. The molecular weight excluding hydrogens is 424 g/mol. The lowest BCUT2D eigenvalue weighted by Crippen LogP contribution is -2.45. The fourth-order valence-electron chi connectivity index (χ4n) is 4.92. The lowest BCUT2D eigenvalue weighted by Gasteiger charge is -2.38. The van der Waals surface area contributed by atoms with Crippen molar-refractivity contribution in [3.8, 4) is 0 Å². The van der Waals surface area contributed by atoms with Gasteiger partial charge < -0.3 is 19.6 Å². The van der Waals surface area contributed by atoms with E-state index in [0.29, 0.717) is 23.7 Å². The number of rotatable bonds is 3. The SMILES string of the molecule is O=C1c2ccccc2C(=O)c2c1n[n+]([O-])n2Cc1ccc(N2CCC3(CC2)OCCO3)cc1. The van der Waals surface area contributed by atoms with Crippen molar-refractivity contribution < 1.29 is 24.0 Å². The molecule has 2 aromatic carbocycles. The van der Waals surface area contributed by atoms with Crippen LogP contribution in [0.15, 0.2) is 48.5 Å². The number of piperidine rings is 1. The van der Waals surface area contributed by atoms with E-state index in [0.717, 1.165) is 37.2 Å². The van der Waals surface area contributed by atoms with Crippen molar-refractivity contribution in [2.75, 3.05) is 31.2 Å². The summed E-state index contributed by atoms with van der Waals surface area (Å²) in [7, 11) is 0. The molecule has 0 atom stereocenters. The molecule has 2 fully saturated rings. The Morgan fingerprint density at radius 2 is 1.58 bits per heavy atom. The van der Waals surface area contributed by atoms with Gasteiger partial charge in [-0.1, -0.05) is 36.4 Å². The first-order valence-corrected chi connectivity index (χ1v) is 11.1. The second-order valence-electron chi connectivity index (χ2n) is 8.57. The van der Waals surface area contributed by atoms with Gasteiger partial charge in [-0.15, -0.1) is 4.68 Å². The topological polar surface area (TPSA) is 101 Å². The van der Waals surface area contributed by atoms with Crippen LogP contribution in [0.4, 0.5) is 5.69 Å². The molecule has 3 heterocycles. The second-order valence-corrected chi connectivity index (χ2v) is 8.57. The van der Waals surface area contributed by atoms with Gasteiger partial charge in [0.15, 0.2) is 11.5 Å². The van der Waals surface area contributed by atoms with Crippen LogP contribution in [0.5, 0.6) is 0 Å². The van der Waals surface area contributed by atoms with Gasteiger partial charge in [0, 0.05) is 52.8 Å². The lowest BCUT2D eigenvalue weighted by atomic mass is 9.90. The highest BCUT2D eigenvalue weighted by molar-refractivity contribution is 6.26. The molecule has 6 rings (SSSR count). The highest BCUT2D eigenvalue weighted by Crippen LogP contribution is 2.33. The molecule has 3 aliphatic rings. The van der Waals surface area contributed by atoms with E-state index in [-0.39, 0.29) is 29.3 Å². The van der Waals surface area contributed by atoms with E-state index < -0.39 is 11.6 Å². The van der Waals surface area contributed by atoms with Crippen LogP contribution in [-0.2, 0) is 16.0 Å². The Kier molecular flexibility index (Phi) is 4.56.